The Morgan fingerprint density at radius 3 is 2.31 bits per heavy atom. The molecule has 1 N–H and O–H groups in total. The number of sulfonamides is 1. The third-order valence-corrected chi connectivity index (χ3v) is 7.46. The lowest BCUT2D eigenvalue weighted by Crippen LogP contribution is -2.53. The van der Waals surface area contributed by atoms with Crippen molar-refractivity contribution in [3.05, 3.63) is 64.7 Å². The maximum Gasteiger partial charge on any atom is 0.317 e. The van der Waals surface area contributed by atoms with E-state index < -0.39 is 10.0 Å². The summed E-state index contributed by atoms with van der Waals surface area (Å²) >= 11 is 0. The maximum atomic E-state index is 13.0. The predicted octanol–water partition coefficient (Wildman–Crippen LogP) is 2.87. The molecule has 3 rings (SSSR count). The van der Waals surface area contributed by atoms with Gasteiger partial charge in [0.2, 0.25) is 10.0 Å². The number of carbonyl (C=O) groups is 1. The number of carbonyl (C=O) groups excluding carboxylic acids is 1. The van der Waals surface area contributed by atoms with Crippen LogP contribution in [-0.4, -0.2) is 56.4 Å². The molecular formula is C22H29N3O3S. The Labute approximate surface area is 173 Å². The minimum Gasteiger partial charge on any atom is -0.338 e. The van der Waals surface area contributed by atoms with E-state index in [4.69, 9.17) is 0 Å². The monoisotopic (exact) mass is 415 g/mol. The quantitative estimate of drug-likeness (QED) is 0.816. The Kier molecular flexibility index (Phi) is 6.59. The number of nitrogens with zero attached hydrogens (tertiary/aromatic N) is 2. The summed E-state index contributed by atoms with van der Waals surface area (Å²) in [5, 5.41) is 2.95. The van der Waals surface area contributed by atoms with Crippen LogP contribution in [0.5, 0.6) is 0 Å². The van der Waals surface area contributed by atoms with Gasteiger partial charge in [0.25, 0.3) is 0 Å². The fourth-order valence-corrected chi connectivity index (χ4v) is 5.29. The van der Waals surface area contributed by atoms with Crippen LogP contribution in [0.1, 0.15) is 22.3 Å². The third-order valence-electron chi connectivity index (χ3n) is 5.41. The van der Waals surface area contributed by atoms with Crippen LogP contribution >= 0.6 is 0 Å². The van der Waals surface area contributed by atoms with E-state index in [1.807, 2.05) is 38.1 Å². The van der Waals surface area contributed by atoms with Gasteiger partial charge in [0.1, 0.15) is 0 Å². The summed E-state index contributed by atoms with van der Waals surface area (Å²) in [6.45, 7) is 7.78. The number of amides is 2. The van der Waals surface area contributed by atoms with Gasteiger partial charge in [-0.25, -0.2) is 13.2 Å². The van der Waals surface area contributed by atoms with Crippen LogP contribution in [-0.2, 0) is 16.4 Å². The van der Waals surface area contributed by atoms with E-state index in [1.165, 1.54) is 15.4 Å². The van der Waals surface area contributed by atoms with Crippen molar-refractivity contribution in [1.82, 2.24) is 14.5 Å². The van der Waals surface area contributed by atoms with E-state index in [1.54, 1.807) is 11.0 Å². The molecule has 0 atom stereocenters. The van der Waals surface area contributed by atoms with Gasteiger partial charge in [-0.2, -0.15) is 4.31 Å². The molecule has 0 aliphatic carbocycles. The smallest absolute Gasteiger partial charge is 0.317 e. The van der Waals surface area contributed by atoms with Crippen molar-refractivity contribution in [1.29, 1.82) is 0 Å². The zero-order valence-corrected chi connectivity index (χ0v) is 18.1. The molecule has 7 heteroatoms. The molecule has 1 saturated heterocycles. The molecule has 1 aliphatic rings. The SMILES string of the molecule is Cc1ccc(S(=O)(=O)N2CCN(C(=O)NCCc3ccccc3C)CC2)c(C)c1. The van der Waals surface area contributed by atoms with Gasteiger partial charge in [0.15, 0.2) is 0 Å². The molecule has 29 heavy (non-hydrogen) atoms. The number of piperazine rings is 1. The molecule has 6 nitrogen and oxygen atoms in total. The first-order valence-corrected chi connectivity index (χ1v) is 11.4. The standard InChI is InChI=1S/C22H29N3O3S/c1-17-8-9-21(19(3)16-17)29(27,28)25-14-12-24(13-15-25)22(26)23-11-10-20-7-5-4-6-18(20)2/h4-9,16H,10-15H2,1-3H3,(H,23,26). The van der Waals surface area contributed by atoms with Crippen LogP contribution in [0.2, 0.25) is 0 Å². The van der Waals surface area contributed by atoms with Crippen molar-refractivity contribution < 1.29 is 13.2 Å². The molecule has 0 bridgehead atoms. The summed E-state index contributed by atoms with van der Waals surface area (Å²) in [5.41, 5.74) is 4.22. The molecule has 0 spiro atoms. The number of hydrogen-bond acceptors (Lipinski definition) is 3. The highest BCUT2D eigenvalue weighted by Gasteiger charge is 2.30. The highest BCUT2D eigenvalue weighted by atomic mass is 32.2. The highest BCUT2D eigenvalue weighted by molar-refractivity contribution is 7.89. The molecule has 2 amide bonds. The van der Waals surface area contributed by atoms with Crippen LogP contribution < -0.4 is 5.32 Å². The van der Waals surface area contributed by atoms with Crippen LogP contribution in [0.25, 0.3) is 0 Å². The van der Waals surface area contributed by atoms with Gasteiger partial charge >= 0.3 is 6.03 Å². The van der Waals surface area contributed by atoms with Crippen molar-refractivity contribution in [3.8, 4) is 0 Å². The van der Waals surface area contributed by atoms with Gasteiger partial charge in [-0.1, -0.05) is 42.0 Å². The van der Waals surface area contributed by atoms with Crippen molar-refractivity contribution in [2.45, 2.75) is 32.1 Å². The molecule has 156 valence electrons. The number of rotatable bonds is 5. The lowest BCUT2D eigenvalue weighted by atomic mass is 10.1. The molecule has 1 aliphatic heterocycles. The normalized spacial score (nSPS) is 15.3. The molecule has 0 unspecified atom stereocenters. The van der Waals surface area contributed by atoms with Gasteiger partial charge in [-0.15, -0.1) is 0 Å². The average Bonchev–Trinajstić information content (AvgIpc) is 2.69. The summed E-state index contributed by atoms with van der Waals surface area (Å²) < 4.78 is 27.4. The number of nitrogens with one attached hydrogen (secondary N) is 1. The van der Waals surface area contributed by atoms with E-state index in [0.717, 1.165) is 17.5 Å². The van der Waals surface area contributed by atoms with Crippen LogP contribution in [0.3, 0.4) is 0 Å². The summed E-state index contributed by atoms with van der Waals surface area (Å²) in [7, 11) is -3.54. The van der Waals surface area contributed by atoms with Gasteiger partial charge in [-0.05, 0) is 49.9 Å². The third kappa shape index (κ3) is 4.97. The van der Waals surface area contributed by atoms with Gasteiger partial charge < -0.3 is 10.2 Å². The first-order valence-electron chi connectivity index (χ1n) is 9.94. The van der Waals surface area contributed by atoms with E-state index in [9.17, 15) is 13.2 Å². The molecule has 1 heterocycles. The van der Waals surface area contributed by atoms with E-state index in [0.29, 0.717) is 37.6 Å². The Morgan fingerprint density at radius 2 is 1.66 bits per heavy atom. The molecule has 2 aromatic carbocycles. The van der Waals surface area contributed by atoms with E-state index >= 15 is 0 Å². The Morgan fingerprint density at radius 1 is 0.966 bits per heavy atom. The first kappa shape index (κ1) is 21.3. The van der Waals surface area contributed by atoms with Crippen LogP contribution in [0, 0.1) is 20.8 Å². The molecule has 1 fully saturated rings. The zero-order chi connectivity index (χ0) is 21.0. The molecule has 0 saturated carbocycles. The Balaban J connectivity index is 1.53. The second-order valence-electron chi connectivity index (χ2n) is 7.57. The fraction of sp³-hybridized carbons (Fsp3) is 0.409. The van der Waals surface area contributed by atoms with Crippen LogP contribution in [0.15, 0.2) is 47.4 Å². The summed E-state index contributed by atoms with van der Waals surface area (Å²) in [6, 6.07) is 13.4. The van der Waals surface area contributed by atoms with Crippen molar-refractivity contribution >= 4 is 16.1 Å². The van der Waals surface area contributed by atoms with Crippen LogP contribution in [0.4, 0.5) is 4.79 Å². The molecule has 0 aromatic heterocycles. The number of benzene rings is 2. The minimum atomic E-state index is -3.54. The maximum absolute atomic E-state index is 13.0. The van der Waals surface area contributed by atoms with Gasteiger partial charge in [-0.3, -0.25) is 0 Å². The zero-order valence-electron chi connectivity index (χ0n) is 17.3. The second kappa shape index (κ2) is 8.97. The summed E-state index contributed by atoms with van der Waals surface area (Å²) in [5.74, 6) is 0. The first-order chi connectivity index (χ1) is 13.8. The Hall–Kier alpha value is -2.38. The number of hydrogen-bond donors (Lipinski definition) is 1. The largest absolute Gasteiger partial charge is 0.338 e. The lowest BCUT2D eigenvalue weighted by molar-refractivity contribution is 0.172. The van der Waals surface area contributed by atoms with Crippen molar-refractivity contribution in [2.24, 2.45) is 0 Å². The van der Waals surface area contributed by atoms with E-state index in [-0.39, 0.29) is 6.03 Å². The van der Waals surface area contributed by atoms with Gasteiger partial charge in [0.05, 0.1) is 4.90 Å². The summed E-state index contributed by atoms with van der Waals surface area (Å²) in [4.78, 5) is 14.5. The number of urea groups is 1. The lowest BCUT2D eigenvalue weighted by Gasteiger charge is -2.34. The van der Waals surface area contributed by atoms with Crippen molar-refractivity contribution in [2.75, 3.05) is 32.7 Å². The minimum absolute atomic E-state index is 0.137. The average molecular weight is 416 g/mol. The number of aryl methyl sites for hydroxylation is 3. The topological polar surface area (TPSA) is 69.7 Å². The summed E-state index contributed by atoms with van der Waals surface area (Å²) in [6.07, 6.45) is 0.777. The predicted molar refractivity (Wildman–Crippen MR) is 115 cm³/mol. The molecule has 0 radical (unpaired) electrons. The second-order valence-corrected chi connectivity index (χ2v) is 9.47. The Bertz CT molecular complexity index is 981. The molecule has 2 aromatic rings. The van der Waals surface area contributed by atoms with E-state index in [2.05, 4.69) is 24.4 Å². The van der Waals surface area contributed by atoms with Crippen molar-refractivity contribution in [3.63, 3.8) is 0 Å². The fourth-order valence-electron chi connectivity index (χ4n) is 3.67. The highest BCUT2D eigenvalue weighted by Crippen LogP contribution is 2.22. The molecular weight excluding hydrogens is 386 g/mol. The van der Waals surface area contributed by atoms with Gasteiger partial charge in [0, 0.05) is 32.7 Å².